The Morgan fingerprint density at radius 3 is 2.50 bits per heavy atom. The lowest BCUT2D eigenvalue weighted by molar-refractivity contribution is 0.00897. The van der Waals surface area contributed by atoms with Crippen molar-refractivity contribution < 1.29 is 9.53 Å². The lowest BCUT2D eigenvalue weighted by Gasteiger charge is -2.31. The molecule has 1 fully saturated rings. The summed E-state index contributed by atoms with van der Waals surface area (Å²) < 4.78 is 5.81. The molecule has 4 nitrogen and oxygen atoms in total. The van der Waals surface area contributed by atoms with Crippen LogP contribution in [0.4, 0.5) is 10.5 Å². The molecule has 1 saturated carbocycles. The first-order chi connectivity index (χ1) is 9.31. The average Bonchev–Trinajstić information content (AvgIpc) is 2.76. The highest BCUT2D eigenvalue weighted by atomic mass is 16.6. The predicted octanol–water partition coefficient (Wildman–Crippen LogP) is 3.56. The molecule has 0 spiro atoms. The quantitative estimate of drug-likeness (QED) is 0.812. The summed E-state index contributed by atoms with van der Waals surface area (Å²) in [4.78, 5) is 12.1. The van der Waals surface area contributed by atoms with E-state index >= 15 is 0 Å². The van der Waals surface area contributed by atoms with Gasteiger partial charge in [0.2, 0.25) is 0 Å². The van der Waals surface area contributed by atoms with Crippen LogP contribution in [-0.4, -0.2) is 11.6 Å². The summed E-state index contributed by atoms with van der Waals surface area (Å²) in [7, 11) is 0. The first-order valence-electron chi connectivity index (χ1n) is 7.18. The van der Waals surface area contributed by atoms with E-state index in [1.54, 1.807) is 0 Å². The fourth-order valence-electron chi connectivity index (χ4n) is 2.73. The van der Waals surface area contributed by atoms with E-state index in [1.165, 1.54) is 0 Å². The Hall–Kier alpha value is -1.71. The van der Waals surface area contributed by atoms with Crippen LogP contribution in [0.15, 0.2) is 24.3 Å². The number of hydrogen-bond donors (Lipinski definition) is 2. The van der Waals surface area contributed by atoms with E-state index in [-0.39, 0.29) is 11.6 Å². The number of alkyl carbamates (subject to hydrolysis) is 1. The Morgan fingerprint density at radius 2 is 1.95 bits per heavy atom. The fraction of sp³-hybridized carbons (Fsp3) is 0.562. The fourth-order valence-corrected chi connectivity index (χ4v) is 2.73. The highest BCUT2D eigenvalue weighted by molar-refractivity contribution is 5.69. The maximum absolute atomic E-state index is 12.1. The minimum Gasteiger partial charge on any atom is -0.438 e. The van der Waals surface area contributed by atoms with Crippen LogP contribution in [0.2, 0.25) is 0 Å². The minimum atomic E-state index is -0.523. The van der Waals surface area contributed by atoms with Crippen LogP contribution in [0.3, 0.4) is 0 Å². The van der Waals surface area contributed by atoms with Gasteiger partial charge in [-0.25, -0.2) is 4.79 Å². The van der Waals surface area contributed by atoms with Crippen LogP contribution < -0.4 is 11.1 Å². The Morgan fingerprint density at radius 1 is 1.30 bits per heavy atom. The van der Waals surface area contributed by atoms with Crippen molar-refractivity contribution in [2.45, 2.75) is 57.6 Å². The van der Waals surface area contributed by atoms with E-state index in [0.717, 1.165) is 31.2 Å². The van der Waals surface area contributed by atoms with Crippen LogP contribution in [0.5, 0.6) is 0 Å². The zero-order valence-corrected chi connectivity index (χ0v) is 12.5. The second kappa shape index (κ2) is 5.35. The Kier molecular flexibility index (Phi) is 3.93. The van der Waals surface area contributed by atoms with E-state index in [2.05, 4.69) is 5.32 Å². The van der Waals surface area contributed by atoms with Gasteiger partial charge < -0.3 is 15.8 Å². The van der Waals surface area contributed by atoms with Crippen molar-refractivity contribution in [3.63, 3.8) is 0 Å². The topological polar surface area (TPSA) is 64.3 Å². The van der Waals surface area contributed by atoms with Crippen LogP contribution in [0.1, 0.15) is 52.0 Å². The molecule has 1 aromatic rings. The molecule has 1 aromatic carbocycles. The molecule has 0 saturated heterocycles. The van der Waals surface area contributed by atoms with Gasteiger partial charge in [-0.2, -0.15) is 0 Å². The summed E-state index contributed by atoms with van der Waals surface area (Å²) in [5.41, 5.74) is 6.74. The molecule has 0 atom stereocenters. The summed E-state index contributed by atoms with van der Waals surface area (Å²) in [6.07, 6.45) is 3.49. The largest absolute Gasteiger partial charge is 0.438 e. The molecule has 0 radical (unpaired) electrons. The number of nitrogens with two attached hydrogens (primary N) is 1. The van der Waals surface area contributed by atoms with Gasteiger partial charge in [-0.3, -0.25) is 0 Å². The van der Waals surface area contributed by atoms with Gasteiger partial charge in [0.05, 0.1) is 0 Å². The smallest absolute Gasteiger partial charge is 0.408 e. The predicted molar refractivity (Wildman–Crippen MR) is 80.4 cm³/mol. The maximum Gasteiger partial charge on any atom is 0.408 e. The molecule has 0 aliphatic heterocycles. The number of anilines is 1. The molecular weight excluding hydrogens is 252 g/mol. The molecule has 110 valence electrons. The van der Waals surface area contributed by atoms with Gasteiger partial charge in [-0.15, -0.1) is 0 Å². The van der Waals surface area contributed by atoms with E-state index in [9.17, 15) is 4.79 Å². The number of rotatable bonds is 2. The van der Waals surface area contributed by atoms with Crippen molar-refractivity contribution in [3.8, 4) is 0 Å². The number of ether oxygens (including phenoxy) is 1. The minimum absolute atomic E-state index is 0.299. The summed E-state index contributed by atoms with van der Waals surface area (Å²) in [5.74, 6) is 0. The average molecular weight is 276 g/mol. The molecule has 2 rings (SSSR count). The van der Waals surface area contributed by atoms with Crippen molar-refractivity contribution in [2.75, 3.05) is 5.73 Å². The first-order valence-corrected chi connectivity index (χ1v) is 7.18. The molecule has 1 amide bonds. The third kappa shape index (κ3) is 3.44. The molecule has 20 heavy (non-hydrogen) atoms. The summed E-state index contributed by atoms with van der Waals surface area (Å²) in [6, 6.07) is 7.67. The van der Waals surface area contributed by atoms with E-state index in [0.29, 0.717) is 5.69 Å². The molecule has 1 aliphatic rings. The van der Waals surface area contributed by atoms with Crippen molar-refractivity contribution in [1.82, 2.24) is 5.32 Å². The van der Waals surface area contributed by atoms with E-state index in [4.69, 9.17) is 10.5 Å². The van der Waals surface area contributed by atoms with Gasteiger partial charge in [0, 0.05) is 11.2 Å². The van der Waals surface area contributed by atoms with Crippen LogP contribution >= 0.6 is 0 Å². The number of benzene rings is 1. The Bertz CT molecular complexity index is 485. The number of nitrogens with one attached hydrogen (secondary N) is 1. The first kappa shape index (κ1) is 14.7. The second-order valence-electron chi connectivity index (χ2n) is 6.59. The van der Waals surface area contributed by atoms with Crippen LogP contribution in [-0.2, 0) is 10.3 Å². The van der Waals surface area contributed by atoms with Crippen molar-refractivity contribution in [3.05, 3.63) is 29.8 Å². The number of hydrogen-bond acceptors (Lipinski definition) is 3. The highest BCUT2D eigenvalue weighted by Gasteiger charge is 2.40. The molecule has 1 aliphatic carbocycles. The van der Waals surface area contributed by atoms with Crippen molar-refractivity contribution >= 4 is 11.8 Å². The molecular formula is C16H24N2O2. The van der Waals surface area contributed by atoms with Crippen molar-refractivity contribution in [1.29, 1.82) is 0 Å². The lowest BCUT2D eigenvalue weighted by Crippen LogP contribution is -2.44. The maximum atomic E-state index is 12.1. The van der Waals surface area contributed by atoms with Gasteiger partial charge in [-0.1, -0.05) is 12.1 Å². The van der Waals surface area contributed by atoms with Crippen molar-refractivity contribution in [2.24, 2.45) is 0 Å². The normalized spacial score (nSPS) is 17.8. The molecule has 4 heteroatoms. The monoisotopic (exact) mass is 276 g/mol. The van der Waals surface area contributed by atoms with E-state index in [1.807, 2.05) is 45.0 Å². The van der Waals surface area contributed by atoms with Gasteiger partial charge in [0.15, 0.2) is 0 Å². The number of carbonyl (C=O) groups excluding carboxylic acids is 1. The summed E-state index contributed by atoms with van der Waals surface area (Å²) in [5, 5.41) is 2.86. The van der Waals surface area contributed by atoms with Gasteiger partial charge in [-0.05, 0) is 64.2 Å². The third-order valence-electron chi connectivity index (χ3n) is 3.59. The van der Waals surface area contributed by atoms with Gasteiger partial charge >= 0.3 is 6.09 Å². The van der Waals surface area contributed by atoms with Crippen LogP contribution in [0, 0.1) is 0 Å². The zero-order chi connectivity index (χ0) is 14.8. The molecule has 3 N–H and O–H groups in total. The van der Waals surface area contributed by atoms with Crippen LogP contribution in [0.25, 0.3) is 0 Å². The third-order valence-corrected chi connectivity index (χ3v) is 3.59. The second-order valence-corrected chi connectivity index (χ2v) is 6.59. The zero-order valence-electron chi connectivity index (χ0n) is 12.5. The van der Waals surface area contributed by atoms with E-state index < -0.39 is 5.60 Å². The standard InChI is InChI=1S/C16H24N2O2/c1-15(2,3)18-14(19)20-16(9-4-5-10-16)12-7-6-8-13(17)11-12/h6-8,11H,4-5,9-10,17H2,1-3H3,(H,18,19). The molecule has 0 heterocycles. The lowest BCUT2D eigenvalue weighted by atomic mass is 9.91. The number of amides is 1. The number of carbonyl (C=O) groups is 1. The summed E-state index contributed by atoms with van der Waals surface area (Å²) >= 11 is 0. The SMILES string of the molecule is CC(C)(C)NC(=O)OC1(c2cccc(N)c2)CCCC1. The molecule has 0 aromatic heterocycles. The van der Waals surface area contributed by atoms with Gasteiger partial charge in [0.25, 0.3) is 0 Å². The summed E-state index contributed by atoms with van der Waals surface area (Å²) in [6.45, 7) is 5.82. The molecule has 0 bridgehead atoms. The van der Waals surface area contributed by atoms with Gasteiger partial charge in [0.1, 0.15) is 5.60 Å². The Labute approximate surface area is 120 Å². The Balaban J connectivity index is 2.20. The highest BCUT2D eigenvalue weighted by Crippen LogP contribution is 2.42. The molecule has 0 unspecified atom stereocenters. The number of nitrogen functional groups attached to an aromatic ring is 1.